The van der Waals surface area contributed by atoms with E-state index in [1.807, 2.05) is 18.5 Å². The third-order valence-corrected chi connectivity index (χ3v) is 5.80. The lowest BCUT2D eigenvalue weighted by Crippen LogP contribution is -2.50. The van der Waals surface area contributed by atoms with Gasteiger partial charge in [-0.15, -0.1) is 0 Å². The lowest BCUT2D eigenvalue weighted by molar-refractivity contribution is -0.192. The number of benzene rings is 2. The Morgan fingerprint density at radius 3 is 2.20 bits per heavy atom. The molecule has 35 heavy (non-hydrogen) atoms. The average Bonchev–Trinajstić information content (AvgIpc) is 2.83. The molecule has 1 aliphatic heterocycles. The molecule has 1 amide bonds. The van der Waals surface area contributed by atoms with Crippen molar-refractivity contribution in [1.29, 1.82) is 0 Å². The summed E-state index contributed by atoms with van der Waals surface area (Å²) in [7, 11) is 0. The number of rotatable bonds is 3. The van der Waals surface area contributed by atoms with E-state index in [0.29, 0.717) is 23.7 Å². The molecule has 1 unspecified atom stereocenters. The van der Waals surface area contributed by atoms with Crippen LogP contribution in [0.3, 0.4) is 0 Å². The predicted octanol–water partition coefficient (Wildman–Crippen LogP) is 4.21. The average molecular weight is 510 g/mol. The molecule has 3 aromatic rings. The molecular weight excluding hydrogens is 487 g/mol. The van der Waals surface area contributed by atoms with Crippen molar-refractivity contribution in [2.24, 2.45) is 0 Å². The summed E-state index contributed by atoms with van der Waals surface area (Å²) in [6, 6.07) is 13.0. The maximum atomic E-state index is 12.7. The van der Waals surface area contributed by atoms with Gasteiger partial charge >= 0.3 is 12.1 Å². The lowest BCUT2D eigenvalue weighted by Gasteiger charge is -2.37. The summed E-state index contributed by atoms with van der Waals surface area (Å²) in [4.78, 5) is 29.9. The number of pyridine rings is 1. The number of aliphatic hydroxyl groups is 1. The number of aromatic nitrogens is 1. The van der Waals surface area contributed by atoms with E-state index in [1.54, 1.807) is 29.2 Å². The fourth-order valence-corrected chi connectivity index (χ4v) is 3.91. The van der Waals surface area contributed by atoms with Crippen LogP contribution in [-0.4, -0.2) is 64.3 Å². The standard InChI is InChI=1S/C22H22ClN3O2.C2HF3O2/c1-15-13-24-14-17-3-2-4-19(20(15)17)25-9-11-26(12-10-25)22(28)21(27)16-5-7-18(23)8-6-16;3-2(4,5)1(6)7/h2-8,13-14,21,27H,9-12H2,1H3;(H,6,7). The van der Waals surface area contributed by atoms with Crippen LogP contribution in [0.2, 0.25) is 5.02 Å². The zero-order chi connectivity index (χ0) is 25.8. The van der Waals surface area contributed by atoms with Gasteiger partial charge in [0.1, 0.15) is 0 Å². The first kappa shape index (κ1) is 26.2. The lowest BCUT2D eigenvalue weighted by atomic mass is 10.0. The minimum Gasteiger partial charge on any atom is -0.475 e. The van der Waals surface area contributed by atoms with Gasteiger partial charge in [0, 0.05) is 60.1 Å². The monoisotopic (exact) mass is 509 g/mol. The number of carbonyl (C=O) groups excluding carboxylic acids is 1. The van der Waals surface area contributed by atoms with Gasteiger partial charge in [0.15, 0.2) is 6.10 Å². The summed E-state index contributed by atoms with van der Waals surface area (Å²) < 4.78 is 31.7. The van der Waals surface area contributed by atoms with Gasteiger partial charge < -0.3 is 20.0 Å². The number of hydrogen-bond donors (Lipinski definition) is 2. The molecule has 0 spiro atoms. The minimum atomic E-state index is -5.08. The van der Waals surface area contributed by atoms with Crippen LogP contribution < -0.4 is 4.90 Å². The van der Waals surface area contributed by atoms with Crippen molar-refractivity contribution in [1.82, 2.24) is 9.88 Å². The Balaban J connectivity index is 0.000000429. The first-order valence-electron chi connectivity index (χ1n) is 10.6. The van der Waals surface area contributed by atoms with Gasteiger partial charge in [-0.05, 0) is 36.2 Å². The van der Waals surface area contributed by atoms with E-state index >= 15 is 0 Å². The topological polar surface area (TPSA) is 94.0 Å². The Morgan fingerprint density at radius 1 is 1.03 bits per heavy atom. The normalized spacial score (nSPS) is 14.8. The number of aryl methyl sites for hydroxylation is 1. The molecule has 2 aromatic carbocycles. The maximum Gasteiger partial charge on any atom is 0.490 e. The zero-order valence-electron chi connectivity index (χ0n) is 18.7. The Hall–Kier alpha value is -3.37. The molecule has 1 atom stereocenters. The molecule has 1 saturated heterocycles. The molecule has 1 aliphatic rings. The highest BCUT2D eigenvalue weighted by Crippen LogP contribution is 2.30. The van der Waals surface area contributed by atoms with Gasteiger partial charge in [0.25, 0.3) is 5.91 Å². The number of aliphatic carboxylic acids is 1. The number of carbonyl (C=O) groups is 2. The number of hydrogen-bond acceptors (Lipinski definition) is 5. The van der Waals surface area contributed by atoms with Gasteiger partial charge in [-0.25, -0.2) is 4.79 Å². The first-order valence-corrected chi connectivity index (χ1v) is 11.0. The van der Waals surface area contributed by atoms with Crippen LogP contribution >= 0.6 is 11.6 Å². The van der Waals surface area contributed by atoms with E-state index in [9.17, 15) is 23.1 Å². The third kappa shape index (κ3) is 6.40. The number of carboxylic acid groups (broad SMARTS) is 1. The smallest absolute Gasteiger partial charge is 0.475 e. The highest BCUT2D eigenvalue weighted by atomic mass is 35.5. The van der Waals surface area contributed by atoms with E-state index in [0.717, 1.165) is 24.0 Å². The maximum absolute atomic E-state index is 12.7. The van der Waals surface area contributed by atoms with Crippen LogP contribution in [0.4, 0.5) is 18.9 Å². The second-order valence-electron chi connectivity index (χ2n) is 7.90. The molecule has 2 N–H and O–H groups in total. The molecule has 11 heteroatoms. The number of nitrogens with zero attached hydrogens (tertiary/aromatic N) is 3. The van der Waals surface area contributed by atoms with Crippen molar-refractivity contribution in [3.05, 3.63) is 71.0 Å². The zero-order valence-corrected chi connectivity index (χ0v) is 19.4. The Morgan fingerprint density at radius 2 is 1.63 bits per heavy atom. The molecule has 4 rings (SSSR count). The highest BCUT2D eigenvalue weighted by Gasteiger charge is 2.38. The van der Waals surface area contributed by atoms with Gasteiger partial charge in [0.05, 0.1) is 0 Å². The van der Waals surface area contributed by atoms with Crippen LogP contribution in [-0.2, 0) is 9.59 Å². The molecule has 0 bridgehead atoms. The number of piperazine rings is 1. The quantitative estimate of drug-likeness (QED) is 0.549. The van der Waals surface area contributed by atoms with E-state index in [2.05, 4.69) is 28.9 Å². The van der Waals surface area contributed by atoms with E-state index in [4.69, 9.17) is 21.5 Å². The van der Waals surface area contributed by atoms with Crippen LogP contribution in [0, 0.1) is 6.92 Å². The second kappa shape index (κ2) is 10.9. The van der Waals surface area contributed by atoms with Crippen LogP contribution in [0.1, 0.15) is 17.2 Å². The number of anilines is 1. The second-order valence-corrected chi connectivity index (χ2v) is 8.34. The molecule has 0 aliphatic carbocycles. The van der Waals surface area contributed by atoms with Gasteiger partial charge in [-0.3, -0.25) is 9.78 Å². The summed E-state index contributed by atoms with van der Waals surface area (Å²) in [6.07, 6.45) is -2.47. The number of fused-ring (bicyclic) bond motifs is 1. The number of halogens is 4. The van der Waals surface area contributed by atoms with E-state index in [1.165, 1.54) is 11.1 Å². The fraction of sp³-hybridized carbons (Fsp3) is 0.292. The summed E-state index contributed by atoms with van der Waals surface area (Å²) in [5.74, 6) is -3.02. The minimum absolute atomic E-state index is 0.264. The van der Waals surface area contributed by atoms with Crippen LogP contribution in [0.15, 0.2) is 54.9 Å². The van der Waals surface area contributed by atoms with Crippen LogP contribution in [0.5, 0.6) is 0 Å². The molecule has 1 aromatic heterocycles. The predicted molar refractivity (Wildman–Crippen MR) is 125 cm³/mol. The highest BCUT2D eigenvalue weighted by molar-refractivity contribution is 6.30. The summed E-state index contributed by atoms with van der Waals surface area (Å²) >= 11 is 5.89. The number of alkyl halides is 3. The van der Waals surface area contributed by atoms with Crippen molar-refractivity contribution >= 4 is 39.9 Å². The Kier molecular flexibility index (Phi) is 8.18. The van der Waals surface area contributed by atoms with E-state index < -0.39 is 18.2 Å². The molecule has 186 valence electrons. The first-order chi connectivity index (χ1) is 16.5. The van der Waals surface area contributed by atoms with Crippen molar-refractivity contribution < 1.29 is 33.0 Å². The van der Waals surface area contributed by atoms with Gasteiger partial charge in [-0.1, -0.05) is 35.9 Å². The Bertz CT molecular complexity index is 1190. The molecular formula is C24H23ClF3N3O4. The summed E-state index contributed by atoms with van der Waals surface area (Å²) in [5.41, 5.74) is 2.88. The summed E-state index contributed by atoms with van der Waals surface area (Å²) in [5, 5.41) is 20.5. The number of aliphatic hydroxyl groups excluding tert-OH is 1. The molecule has 2 heterocycles. The Labute approximate surface area is 204 Å². The number of carboxylic acids is 1. The third-order valence-electron chi connectivity index (χ3n) is 5.55. The van der Waals surface area contributed by atoms with E-state index in [-0.39, 0.29) is 5.91 Å². The van der Waals surface area contributed by atoms with Crippen LogP contribution in [0.25, 0.3) is 10.8 Å². The number of amides is 1. The van der Waals surface area contributed by atoms with Crippen molar-refractivity contribution in [3.63, 3.8) is 0 Å². The SMILES string of the molecule is Cc1cncc2cccc(N3CCN(C(=O)C(O)c4ccc(Cl)cc4)CC3)c12.O=C(O)C(F)(F)F. The fourth-order valence-electron chi connectivity index (χ4n) is 3.78. The molecule has 0 radical (unpaired) electrons. The molecule has 1 fully saturated rings. The largest absolute Gasteiger partial charge is 0.490 e. The van der Waals surface area contributed by atoms with Crippen molar-refractivity contribution in [2.45, 2.75) is 19.2 Å². The van der Waals surface area contributed by atoms with Crippen molar-refractivity contribution in [2.75, 3.05) is 31.1 Å². The van der Waals surface area contributed by atoms with Gasteiger partial charge in [0.2, 0.25) is 0 Å². The molecule has 7 nitrogen and oxygen atoms in total. The summed E-state index contributed by atoms with van der Waals surface area (Å²) in [6.45, 7) is 4.66. The van der Waals surface area contributed by atoms with Gasteiger partial charge in [-0.2, -0.15) is 13.2 Å². The molecule has 0 saturated carbocycles. The van der Waals surface area contributed by atoms with Crippen molar-refractivity contribution in [3.8, 4) is 0 Å².